The van der Waals surface area contributed by atoms with Crippen molar-refractivity contribution in [1.82, 2.24) is 4.90 Å². The summed E-state index contributed by atoms with van der Waals surface area (Å²) in [6, 6.07) is 24.8. The summed E-state index contributed by atoms with van der Waals surface area (Å²) in [6.07, 6.45) is -0.470. The normalized spacial score (nSPS) is 16.3. The Kier molecular flexibility index (Phi) is 4.16. The van der Waals surface area contributed by atoms with E-state index in [1.165, 1.54) is 0 Å². The number of fused-ring (bicyclic) bond motifs is 1. The summed E-state index contributed by atoms with van der Waals surface area (Å²) in [7, 11) is 0. The van der Waals surface area contributed by atoms with Gasteiger partial charge in [-0.15, -0.1) is 0 Å². The summed E-state index contributed by atoms with van der Waals surface area (Å²) < 4.78 is 6.17. The van der Waals surface area contributed by atoms with Gasteiger partial charge < -0.3 is 4.74 Å². The van der Waals surface area contributed by atoms with Gasteiger partial charge in [0.2, 0.25) is 6.23 Å². The number of carbonyl (C=O) groups is 1. The van der Waals surface area contributed by atoms with Crippen molar-refractivity contribution in [3.8, 4) is 5.75 Å². The first-order valence-corrected chi connectivity index (χ1v) is 8.46. The average Bonchev–Trinajstić information content (AvgIpc) is 2.66. The van der Waals surface area contributed by atoms with Gasteiger partial charge in [-0.1, -0.05) is 72.3 Å². The molecule has 0 N–H and O–H groups in total. The van der Waals surface area contributed by atoms with E-state index in [-0.39, 0.29) is 5.91 Å². The van der Waals surface area contributed by atoms with E-state index in [0.29, 0.717) is 22.9 Å². The Balaban J connectivity index is 1.77. The molecule has 1 heterocycles. The molecule has 3 aromatic rings. The summed E-state index contributed by atoms with van der Waals surface area (Å²) in [6.45, 7) is 0.463. The molecule has 0 aromatic heterocycles. The van der Waals surface area contributed by atoms with Crippen LogP contribution in [-0.4, -0.2) is 10.8 Å². The molecule has 0 spiro atoms. The highest BCUT2D eigenvalue weighted by Gasteiger charge is 2.34. The van der Waals surface area contributed by atoms with Crippen LogP contribution in [0.4, 0.5) is 0 Å². The monoisotopic (exact) mass is 349 g/mol. The fourth-order valence-corrected chi connectivity index (χ4v) is 3.19. The number of amides is 1. The molecule has 0 radical (unpaired) electrons. The lowest BCUT2D eigenvalue weighted by Crippen LogP contribution is -2.41. The van der Waals surface area contributed by atoms with E-state index in [0.717, 1.165) is 11.1 Å². The van der Waals surface area contributed by atoms with Gasteiger partial charge in [-0.2, -0.15) is 0 Å². The van der Waals surface area contributed by atoms with Gasteiger partial charge in [0, 0.05) is 17.1 Å². The molecule has 1 atom stereocenters. The van der Waals surface area contributed by atoms with Crippen LogP contribution in [0.1, 0.15) is 27.7 Å². The lowest BCUT2D eigenvalue weighted by Gasteiger charge is -2.37. The minimum absolute atomic E-state index is 0.0820. The van der Waals surface area contributed by atoms with Gasteiger partial charge >= 0.3 is 0 Å². The van der Waals surface area contributed by atoms with Crippen molar-refractivity contribution in [1.29, 1.82) is 0 Å². The summed E-state index contributed by atoms with van der Waals surface area (Å²) >= 11 is 6.08. The number of benzene rings is 3. The topological polar surface area (TPSA) is 29.5 Å². The molecule has 1 aliphatic rings. The zero-order valence-corrected chi connectivity index (χ0v) is 14.2. The molecule has 0 fully saturated rings. The Morgan fingerprint density at radius 1 is 0.920 bits per heavy atom. The third-order valence-corrected chi connectivity index (χ3v) is 4.47. The van der Waals surface area contributed by atoms with Crippen molar-refractivity contribution in [3.63, 3.8) is 0 Å². The van der Waals surface area contributed by atoms with Gasteiger partial charge in [0.25, 0.3) is 5.91 Å². The number of rotatable bonds is 3. The highest BCUT2D eigenvalue weighted by molar-refractivity contribution is 6.31. The third kappa shape index (κ3) is 3.11. The minimum atomic E-state index is -0.470. The second-order valence-corrected chi connectivity index (χ2v) is 6.38. The van der Waals surface area contributed by atoms with Crippen LogP contribution in [0, 0.1) is 0 Å². The molecule has 3 aromatic carbocycles. The minimum Gasteiger partial charge on any atom is -0.465 e. The van der Waals surface area contributed by atoms with Crippen LogP contribution < -0.4 is 4.74 Å². The van der Waals surface area contributed by atoms with Crippen LogP contribution in [0.3, 0.4) is 0 Å². The molecule has 0 aliphatic carbocycles. The molecule has 0 saturated heterocycles. The average molecular weight is 350 g/mol. The van der Waals surface area contributed by atoms with E-state index in [4.69, 9.17) is 16.3 Å². The van der Waals surface area contributed by atoms with Gasteiger partial charge in [0.05, 0.1) is 5.56 Å². The van der Waals surface area contributed by atoms with E-state index in [1.807, 2.05) is 60.7 Å². The number of hydrogen-bond donors (Lipinski definition) is 0. The van der Waals surface area contributed by atoms with Gasteiger partial charge in [-0.05, 0) is 23.8 Å². The van der Waals surface area contributed by atoms with Crippen LogP contribution in [-0.2, 0) is 6.54 Å². The predicted octanol–water partition coefficient (Wildman–Crippen LogP) is 5.07. The van der Waals surface area contributed by atoms with Crippen molar-refractivity contribution in [3.05, 3.63) is 101 Å². The Morgan fingerprint density at radius 3 is 2.32 bits per heavy atom. The van der Waals surface area contributed by atoms with E-state index < -0.39 is 6.23 Å². The van der Waals surface area contributed by atoms with Gasteiger partial charge in [-0.3, -0.25) is 9.69 Å². The summed E-state index contributed by atoms with van der Waals surface area (Å²) in [5, 5.41) is 0.522. The Labute approximate surface area is 151 Å². The molecular weight excluding hydrogens is 334 g/mol. The van der Waals surface area contributed by atoms with Crippen molar-refractivity contribution in [2.75, 3.05) is 0 Å². The van der Waals surface area contributed by atoms with Crippen molar-refractivity contribution < 1.29 is 9.53 Å². The summed E-state index contributed by atoms with van der Waals surface area (Å²) in [5.41, 5.74) is 2.48. The molecule has 3 nitrogen and oxygen atoms in total. The SMILES string of the molecule is O=C1c2cc(Cl)ccc2OC(c2ccccc2)N1Cc1ccccc1. The molecule has 1 unspecified atom stereocenters. The maximum Gasteiger partial charge on any atom is 0.261 e. The first kappa shape index (κ1) is 15.7. The molecule has 4 rings (SSSR count). The fraction of sp³-hybridized carbons (Fsp3) is 0.0952. The van der Waals surface area contributed by atoms with Gasteiger partial charge in [0.15, 0.2) is 0 Å². The maximum atomic E-state index is 13.1. The van der Waals surface area contributed by atoms with Crippen LogP contribution >= 0.6 is 11.6 Å². The fourth-order valence-electron chi connectivity index (χ4n) is 3.02. The molecule has 4 heteroatoms. The molecule has 1 aliphatic heterocycles. The number of ether oxygens (including phenoxy) is 1. The smallest absolute Gasteiger partial charge is 0.261 e. The number of carbonyl (C=O) groups excluding carboxylic acids is 1. The quantitative estimate of drug-likeness (QED) is 0.660. The van der Waals surface area contributed by atoms with Crippen LogP contribution in [0.15, 0.2) is 78.9 Å². The second kappa shape index (κ2) is 6.61. The summed E-state index contributed by atoms with van der Waals surface area (Å²) in [4.78, 5) is 14.9. The predicted molar refractivity (Wildman–Crippen MR) is 97.6 cm³/mol. The molecule has 124 valence electrons. The number of nitrogens with zero attached hydrogens (tertiary/aromatic N) is 1. The molecule has 25 heavy (non-hydrogen) atoms. The Hall–Kier alpha value is -2.78. The van der Waals surface area contributed by atoms with Crippen molar-refractivity contribution in [2.24, 2.45) is 0 Å². The van der Waals surface area contributed by atoms with E-state index in [2.05, 4.69) is 0 Å². The molecule has 0 bridgehead atoms. The van der Waals surface area contributed by atoms with Crippen molar-refractivity contribution in [2.45, 2.75) is 12.8 Å². The highest BCUT2D eigenvalue weighted by Crippen LogP contribution is 2.37. The largest absolute Gasteiger partial charge is 0.465 e. The maximum absolute atomic E-state index is 13.1. The molecule has 0 saturated carbocycles. The van der Waals surface area contributed by atoms with Crippen LogP contribution in [0.2, 0.25) is 5.02 Å². The molecular formula is C21H16ClNO2. The van der Waals surface area contributed by atoms with Crippen molar-refractivity contribution >= 4 is 17.5 Å². The number of hydrogen-bond acceptors (Lipinski definition) is 2. The summed E-state index contributed by atoms with van der Waals surface area (Å²) in [5.74, 6) is 0.481. The zero-order valence-electron chi connectivity index (χ0n) is 13.4. The van der Waals surface area contributed by atoms with E-state index in [9.17, 15) is 4.79 Å². The zero-order chi connectivity index (χ0) is 17.2. The third-order valence-electron chi connectivity index (χ3n) is 4.24. The second-order valence-electron chi connectivity index (χ2n) is 5.94. The first-order valence-electron chi connectivity index (χ1n) is 8.08. The van der Waals surface area contributed by atoms with E-state index >= 15 is 0 Å². The highest BCUT2D eigenvalue weighted by atomic mass is 35.5. The molecule has 1 amide bonds. The van der Waals surface area contributed by atoms with Gasteiger partial charge in [-0.25, -0.2) is 0 Å². The standard InChI is InChI=1S/C21H16ClNO2/c22-17-11-12-19-18(13-17)20(24)23(14-15-7-3-1-4-8-15)21(25-19)16-9-5-2-6-10-16/h1-13,21H,14H2. The first-order chi connectivity index (χ1) is 12.2. The Morgan fingerprint density at radius 2 is 1.60 bits per heavy atom. The van der Waals surface area contributed by atoms with E-state index in [1.54, 1.807) is 23.1 Å². The lowest BCUT2D eigenvalue weighted by molar-refractivity contribution is 0.00472. The van der Waals surface area contributed by atoms with Crippen LogP contribution in [0.25, 0.3) is 0 Å². The lowest BCUT2D eigenvalue weighted by atomic mass is 10.1. The van der Waals surface area contributed by atoms with Gasteiger partial charge in [0.1, 0.15) is 5.75 Å². The Bertz CT molecular complexity index is 896. The van der Waals surface area contributed by atoms with Crippen LogP contribution in [0.5, 0.6) is 5.75 Å². The number of halogens is 1.